The van der Waals surface area contributed by atoms with E-state index in [-0.39, 0.29) is 0 Å². The van der Waals surface area contributed by atoms with Crippen LogP contribution in [0.4, 0.5) is 4.39 Å². The van der Waals surface area contributed by atoms with Crippen molar-refractivity contribution in [3.63, 3.8) is 0 Å². The summed E-state index contributed by atoms with van der Waals surface area (Å²) in [5.41, 5.74) is 0.726. The van der Waals surface area contributed by atoms with E-state index in [0.717, 1.165) is 0 Å². The van der Waals surface area contributed by atoms with Crippen LogP contribution in [0.25, 0.3) is 5.69 Å². The molecule has 0 N–H and O–H groups in total. The van der Waals surface area contributed by atoms with E-state index in [0.29, 0.717) is 22.0 Å². The van der Waals surface area contributed by atoms with Crippen molar-refractivity contribution in [2.24, 2.45) is 0 Å². The smallest absolute Gasteiger partial charge is 0.153 e. The lowest BCUT2D eigenvalue weighted by molar-refractivity contribution is 0.112. The third-order valence-electron chi connectivity index (χ3n) is 1.90. The molecule has 0 saturated heterocycles. The van der Waals surface area contributed by atoms with Gasteiger partial charge in [-0.25, -0.2) is 9.07 Å². The van der Waals surface area contributed by atoms with Gasteiger partial charge in [0.15, 0.2) is 6.29 Å². The Labute approximate surface area is 93.7 Å². The Morgan fingerprint density at radius 1 is 1.47 bits per heavy atom. The van der Waals surface area contributed by atoms with E-state index in [2.05, 4.69) is 21.0 Å². The first-order valence-electron chi connectivity index (χ1n) is 4.16. The van der Waals surface area contributed by atoms with Crippen molar-refractivity contribution < 1.29 is 9.18 Å². The lowest BCUT2D eigenvalue weighted by atomic mass is 10.3. The van der Waals surface area contributed by atoms with Gasteiger partial charge in [0.2, 0.25) is 0 Å². The van der Waals surface area contributed by atoms with Crippen molar-refractivity contribution in [2.75, 3.05) is 0 Å². The molecule has 0 bridgehead atoms. The molecule has 1 aromatic heterocycles. The summed E-state index contributed by atoms with van der Waals surface area (Å²) in [6, 6.07) is 4.64. The van der Waals surface area contributed by atoms with Crippen LogP contribution >= 0.6 is 15.9 Å². The first-order valence-corrected chi connectivity index (χ1v) is 4.95. The van der Waals surface area contributed by atoms with Crippen molar-refractivity contribution in [3.05, 3.63) is 46.4 Å². The van der Waals surface area contributed by atoms with E-state index in [1.807, 2.05) is 0 Å². The van der Waals surface area contributed by atoms with Crippen molar-refractivity contribution >= 4 is 22.2 Å². The molecule has 76 valence electrons. The number of halogens is 2. The third-order valence-corrected chi connectivity index (χ3v) is 2.39. The van der Waals surface area contributed by atoms with Gasteiger partial charge in [0.1, 0.15) is 11.5 Å². The highest BCUT2D eigenvalue weighted by Gasteiger charge is 2.06. The molecular formula is C10H6BrFN2O. The summed E-state index contributed by atoms with van der Waals surface area (Å²) in [6.45, 7) is 0. The zero-order valence-corrected chi connectivity index (χ0v) is 9.11. The Balaban J connectivity index is 2.49. The second kappa shape index (κ2) is 3.94. The molecule has 15 heavy (non-hydrogen) atoms. The highest BCUT2D eigenvalue weighted by Crippen LogP contribution is 2.18. The van der Waals surface area contributed by atoms with Crippen molar-refractivity contribution in [2.45, 2.75) is 0 Å². The average Bonchev–Trinajstić information content (AvgIpc) is 2.66. The van der Waals surface area contributed by atoms with Gasteiger partial charge >= 0.3 is 0 Å². The fourth-order valence-corrected chi connectivity index (χ4v) is 1.53. The number of rotatable bonds is 2. The zero-order valence-electron chi connectivity index (χ0n) is 7.52. The van der Waals surface area contributed by atoms with Crippen LogP contribution in [0.1, 0.15) is 10.4 Å². The van der Waals surface area contributed by atoms with Crippen LogP contribution in [0.5, 0.6) is 0 Å². The van der Waals surface area contributed by atoms with Gasteiger partial charge in [0, 0.05) is 10.7 Å². The molecule has 0 aliphatic carbocycles. The normalized spacial score (nSPS) is 10.3. The number of benzene rings is 1. The molecule has 0 fully saturated rings. The minimum absolute atomic E-state index is 0.311. The molecule has 0 aliphatic heterocycles. The van der Waals surface area contributed by atoms with Crippen LogP contribution in [0.3, 0.4) is 0 Å². The Morgan fingerprint density at radius 2 is 2.27 bits per heavy atom. The Kier molecular flexibility index (Phi) is 2.64. The van der Waals surface area contributed by atoms with E-state index in [9.17, 15) is 9.18 Å². The molecule has 0 unspecified atom stereocenters. The van der Waals surface area contributed by atoms with Crippen LogP contribution in [0.15, 0.2) is 35.1 Å². The summed E-state index contributed by atoms with van der Waals surface area (Å²) in [6.07, 6.45) is 3.52. The molecule has 0 saturated carbocycles. The van der Waals surface area contributed by atoms with Crippen LogP contribution < -0.4 is 0 Å². The maximum Gasteiger partial charge on any atom is 0.153 e. The topological polar surface area (TPSA) is 34.9 Å². The molecule has 2 aromatic rings. The van der Waals surface area contributed by atoms with Crippen LogP contribution in [0.2, 0.25) is 0 Å². The van der Waals surface area contributed by atoms with Crippen LogP contribution in [-0.4, -0.2) is 16.1 Å². The molecule has 2 rings (SSSR count). The predicted octanol–water partition coefficient (Wildman–Crippen LogP) is 2.59. The van der Waals surface area contributed by atoms with Crippen molar-refractivity contribution in [3.8, 4) is 5.69 Å². The van der Waals surface area contributed by atoms with E-state index in [1.54, 1.807) is 12.1 Å². The second-order valence-corrected chi connectivity index (χ2v) is 3.85. The SMILES string of the molecule is O=Cc1cnn(-c2ccc(Br)cc2F)c1. The molecule has 0 radical (unpaired) electrons. The zero-order chi connectivity index (χ0) is 10.8. The third kappa shape index (κ3) is 1.97. The van der Waals surface area contributed by atoms with Crippen molar-refractivity contribution in [1.29, 1.82) is 0 Å². The Morgan fingerprint density at radius 3 is 2.87 bits per heavy atom. The molecule has 1 heterocycles. The van der Waals surface area contributed by atoms with E-state index in [4.69, 9.17) is 0 Å². The average molecular weight is 269 g/mol. The minimum Gasteiger partial charge on any atom is -0.298 e. The number of hydrogen-bond acceptors (Lipinski definition) is 2. The fourth-order valence-electron chi connectivity index (χ4n) is 1.20. The molecular weight excluding hydrogens is 263 g/mol. The largest absolute Gasteiger partial charge is 0.298 e. The van der Waals surface area contributed by atoms with E-state index in [1.165, 1.54) is 23.1 Å². The lowest BCUT2D eigenvalue weighted by Crippen LogP contribution is -1.97. The van der Waals surface area contributed by atoms with E-state index >= 15 is 0 Å². The van der Waals surface area contributed by atoms with Crippen LogP contribution in [-0.2, 0) is 0 Å². The van der Waals surface area contributed by atoms with Gasteiger partial charge in [0.05, 0.1) is 11.8 Å². The molecule has 0 atom stereocenters. The minimum atomic E-state index is -0.398. The number of carbonyl (C=O) groups is 1. The number of aldehydes is 1. The number of aromatic nitrogens is 2. The summed E-state index contributed by atoms with van der Waals surface area (Å²) < 4.78 is 15.5. The molecule has 0 amide bonds. The first-order chi connectivity index (χ1) is 7.20. The Hall–Kier alpha value is -1.49. The lowest BCUT2D eigenvalue weighted by Gasteiger charge is -2.02. The summed E-state index contributed by atoms with van der Waals surface area (Å²) in [7, 11) is 0. The molecule has 3 nitrogen and oxygen atoms in total. The quantitative estimate of drug-likeness (QED) is 0.785. The highest BCUT2D eigenvalue weighted by molar-refractivity contribution is 9.10. The summed E-state index contributed by atoms with van der Waals surface area (Å²) in [5, 5.41) is 3.88. The van der Waals surface area contributed by atoms with Gasteiger partial charge in [-0.1, -0.05) is 15.9 Å². The van der Waals surface area contributed by atoms with Gasteiger partial charge in [-0.15, -0.1) is 0 Å². The van der Waals surface area contributed by atoms with Gasteiger partial charge in [-0.2, -0.15) is 5.10 Å². The van der Waals surface area contributed by atoms with Crippen LogP contribution in [0, 0.1) is 5.82 Å². The van der Waals surface area contributed by atoms with E-state index < -0.39 is 5.82 Å². The number of carbonyl (C=O) groups excluding carboxylic acids is 1. The van der Waals surface area contributed by atoms with Gasteiger partial charge < -0.3 is 0 Å². The first kappa shape index (κ1) is 10.0. The standard InChI is InChI=1S/C10H6BrFN2O/c11-8-1-2-10(9(12)3-8)14-5-7(6-15)4-13-14/h1-6H. The number of nitrogens with zero attached hydrogens (tertiary/aromatic N) is 2. The van der Waals surface area contributed by atoms with Gasteiger partial charge in [-0.05, 0) is 18.2 Å². The van der Waals surface area contributed by atoms with Gasteiger partial charge in [-0.3, -0.25) is 4.79 Å². The molecule has 0 spiro atoms. The summed E-state index contributed by atoms with van der Waals surface area (Å²) in [4.78, 5) is 10.4. The fraction of sp³-hybridized carbons (Fsp3) is 0. The maximum atomic E-state index is 13.5. The summed E-state index contributed by atoms with van der Waals surface area (Å²) in [5.74, 6) is -0.398. The molecule has 0 aliphatic rings. The monoisotopic (exact) mass is 268 g/mol. The molecule has 1 aromatic carbocycles. The number of hydrogen-bond donors (Lipinski definition) is 0. The molecule has 5 heteroatoms. The Bertz CT molecular complexity index is 510. The maximum absolute atomic E-state index is 13.5. The second-order valence-electron chi connectivity index (χ2n) is 2.93. The van der Waals surface area contributed by atoms with Crippen molar-refractivity contribution in [1.82, 2.24) is 9.78 Å². The van der Waals surface area contributed by atoms with Gasteiger partial charge in [0.25, 0.3) is 0 Å². The highest BCUT2D eigenvalue weighted by atomic mass is 79.9. The predicted molar refractivity (Wildman–Crippen MR) is 56.6 cm³/mol. The summed E-state index contributed by atoms with van der Waals surface area (Å²) >= 11 is 3.16.